The second-order valence-corrected chi connectivity index (χ2v) is 12.6. The van der Waals surface area contributed by atoms with Crippen LogP contribution in [0.1, 0.15) is 30.7 Å². The maximum absolute atomic E-state index is 2.60. The first-order valence-corrected chi connectivity index (χ1v) is 14.9. The van der Waals surface area contributed by atoms with Gasteiger partial charge in [0.25, 0.3) is 5.01 Å². The Hall–Kier alpha value is -3.34. The van der Waals surface area contributed by atoms with Gasteiger partial charge >= 0.3 is 0 Å². The van der Waals surface area contributed by atoms with Crippen molar-refractivity contribution in [2.75, 3.05) is 11.4 Å². The fourth-order valence-electron chi connectivity index (χ4n) is 6.95. The molecule has 0 saturated carbocycles. The number of anilines is 1. The van der Waals surface area contributed by atoms with Crippen molar-refractivity contribution in [2.45, 2.75) is 37.1 Å². The van der Waals surface area contributed by atoms with E-state index in [0.717, 1.165) is 25.9 Å². The Bertz CT molecular complexity index is 1920. The third-order valence-electron chi connectivity index (χ3n) is 8.65. The van der Waals surface area contributed by atoms with Gasteiger partial charge in [0.1, 0.15) is 4.70 Å². The Morgan fingerprint density at radius 2 is 1.54 bits per heavy atom. The molecule has 0 fully saturated rings. The van der Waals surface area contributed by atoms with Crippen LogP contribution in [-0.4, -0.2) is 6.54 Å². The Morgan fingerprint density at radius 3 is 2.46 bits per heavy atom. The van der Waals surface area contributed by atoms with Crippen LogP contribution >= 0.6 is 23.1 Å². The fourth-order valence-corrected chi connectivity index (χ4v) is 9.57. The molecule has 2 nitrogen and oxygen atoms in total. The molecule has 0 radical (unpaired) electrons. The molecule has 178 valence electrons. The van der Waals surface area contributed by atoms with E-state index < -0.39 is 0 Å². The zero-order valence-corrected chi connectivity index (χ0v) is 22.1. The zero-order chi connectivity index (χ0) is 24.1. The molecule has 0 bridgehead atoms. The number of fused-ring (bicyclic) bond motifs is 10. The molecule has 0 unspecified atom stereocenters. The number of rotatable bonds is 1. The maximum Gasteiger partial charge on any atom is 0.266 e. The summed E-state index contributed by atoms with van der Waals surface area (Å²) >= 11 is 3.98. The zero-order valence-electron chi connectivity index (χ0n) is 20.5. The summed E-state index contributed by atoms with van der Waals surface area (Å²) in [5, 5.41) is 8.43. The van der Waals surface area contributed by atoms with Crippen LogP contribution < -0.4 is 9.47 Å². The molecular formula is C33H25N2S2+. The molecule has 0 amide bonds. The molecule has 4 heterocycles. The minimum Gasteiger partial charge on any atom is -0.334 e. The van der Waals surface area contributed by atoms with Crippen molar-refractivity contribution < 1.29 is 4.57 Å². The molecule has 37 heavy (non-hydrogen) atoms. The molecule has 0 atom stereocenters. The number of allylic oxidation sites excluding steroid dienone is 4. The van der Waals surface area contributed by atoms with E-state index >= 15 is 0 Å². The van der Waals surface area contributed by atoms with Crippen LogP contribution in [0.5, 0.6) is 0 Å². The molecule has 3 aliphatic heterocycles. The van der Waals surface area contributed by atoms with E-state index in [1.807, 2.05) is 23.1 Å². The van der Waals surface area contributed by atoms with E-state index in [0.29, 0.717) is 0 Å². The average Bonchev–Trinajstić information content (AvgIpc) is 3.74. The molecule has 0 spiro atoms. The van der Waals surface area contributed by atoms with Crippen LogP contribution in [0, 0.1) is 0 Å². The van der Waals surface area contributed by atoms with Gasteiger partial charge in [-0.2, -0.15) is 4.57 Å². The number of aromatic nitrogens is 1. The fraction of sp³-hybridized carbons (Fsp3) is 0.182. The van der Waals surface area contributed by atoms with Crippen LogP contribution in [0.15, 0.2) is 106 Å². The second kappa shape index (κ2) is 7.59. The molecule has 9 rings (SSSR count). The molecule has 1 aliphatic carbocycles. The largest absolute Gasteiger partial charge is 0.334 e. The molecule has 0 N–H and O–H groups in total. The summed E-state index contributed by atoms with van der Waals surface area (Å²) in [4.78, 5) is 4.02. The van der Waals surface area contributed by atoms with E-state index in [4.69, 9.17) is 0 Å². The van der Waals surface area contributed by atoms with Gasteiger partial charge in [-0.25, -0.2) is 0 Å². The van der Waals surface area contributed by atoms with Crippen LogP contribution in [-0.2, 0) is 6.54 Å². The lowest BCUT2D eigenvalue weighted by Crippen LogP contribution is -2.30. The smallest absolute Gasteiger partial charge is 0.266 e. The standard InChI is InChI=1S/C33H25N2S2/c1-3-7-24-20(5-1)11-13-28-30(24)34-17-15-26(32(34)36-28)22-9-10-23(19-22)27-16-18-35-31-25-8-4-2-6-21(25)12-14-29(31)37-33(27)35/h1-8,11-14,19H,9-10,15-18H2/q+1. The first-order chi connectivity index (χ1) is 18.3. The van der Waals surface area contributed by atoms with Crippen molar-refractivity contribution >= 4 is 66.1 Å². The quantitative estimate of drug-likeness (QED) is 0.207. The van der Waals surface area contributed by atoms with Gasteiger partial charge in [-0.3, -0.25) is 0 Å². The van der Waals surface area contributed by atoms with Gasteiger partial charge in [0.2, 0.25) is 5.52 Å². The summed E-state index contributed by atoms with van der Waals surface area (Å²) < 4.78 is 4.02. The predicted octanol–water partition coefficient (Wildman–Crippen LogP) is 8.60. The number of thioether (sulfide) groups is 1. The third kappa shape index (κ3) is 2.86. The summed E-state index contributed by atoms with van der Waals surface area (Å²) in [6.45, 7) is 2.20. The number of aryl methyl sites for hydroxylation is 1. The first-order valence-electron chi connectivity index (χ1n) is 13.3. The van der Waals surface area contributed by atoms with Gasteiger partial charge in [0.05, 0.1) is 16.1 Å². The predicted molar refractivity (Wildman–Crippen MR) is 157 cm³/mol. The summed E-state index contributed by atoms with van der Waals surface area (Å²) in [6.07, 6.45) is 7.25. The lowest BCUT2D eigenvalue weighted by atomic mass is 10.1. The second-order valence-electron chi connectivity index (χ2n) is 10.5. The highest BCUT2D eigenvalue weighted by molar-refractivity contribution is 8.03. The molecular weight excluding hydrogens is 489 g/mol. The number of hydrogen-bond acceptors (Lipinski definition) is 3. The molecule has 5 aromatic rings. The summed E-state index contributed by atoms with van der Waals surface area (Å²) in [5.41, 5.74) is 9.20. The van der Waals surface area contributed by atoms with Crippen molar-refractivity contribution in [1.29, 1.82) is 0 Å². The summed E-state index contributed by atoms with van der Waals surface area (Å²) in [6, 6.07) is 26.9. The van der Waals surface area contributed by atoms with Gasteiger partial charge in [-0.05, 0) is 65.0 Å². The minimum atomic E-state index is 1.10. The van der Waals surface area contributed by atoms with E-state index in [-0.39, 0.29) is 0 Å². The molecule has 1 aromatic heterocycles. The van der Waals surface area contributed by atoms with Gasteiger partial charge in [0.15, 0.2) is 6.54 Å². The van der Waals surface area contributed by atoms with Crippen molar-refractivity contribution in [3.63, 3.8) is 0 Å². The normalized spacial score (nSPS) is 20.4. The highest BCUT2D eigenvalue weighted by atomic mass is 32.2. The van der Waals surface area contributed by atoms with Gasteiger partial charge in [-0.1, -0.05) is 83.8 Å². The molecule has 4 aromatic carbocycles. The number of nitrogens with zero attached hydrogens (tertiary/aromatic N) is 2. The highest BCUT2D eigenvalue weighted by Gasteiger charge is 2.37. The van der Waals surface area contributed by atoms with E-state index in [1.54, 1.807) is 22.3 Å². The number of benzene rings is 4. The number of thiazole rings is 1. The third-order valence-corrected chi connectivity index (χ3v) is 11.1. The summed E-state index contributed by atoms with van der Waals surface area (Å²) in [5.74, 6) is 0. The van der Waals surface area contributed by atoms with Crippen LogP contribution in [0.25, 0.3) is 37.3 Å². The van der Waals surface area contributed by atoms with Crippen LogP contribution in [0.4, 0.5) is 5.69 Å². The van der Waals surface area contributed by atoms with E-state index in [9.17, 15) is 0 Å². The van der Waals surface area contributed by atoms with Crippen molar-refractivity contribution in [3.05, 3.63) is 106 Å². The minimum absolute atomic E-state index is 1.10. The van der Waals surface area contributed by atoms with E-state index in [1.165, 1.54) is 65.2 Å². The molecule has 0 saturated heterocycles. The molecule has 4 heteroatoms. The van der Waals surface area contributed by atoms with Gasteiger partial charge < -0.3 is 4.90 Å². The van der Waals surface area contributed by atoms with E-state index in [2.05, 4.69) is 88.3 Å². The maximum atomic E-state index is 2.60. The SMILES string of the molecule is C1=C(C2=C3Sc4ccc5ccccc5c4N3CC2)CCC1=C1CC[n+]2c1sc1ccc3ccccc3c12. The first kappa shape index (κ1) is 20.7. The topological polar surface area (TPSA) is 7.12 Å². The van der Waals surface area contributed by atoms with Crippen molar-refractivity contribution in [3.8, 4) is 0 Å². The van der Waals surface area contributed by atoms with Crippen LogP contribution in [0.3, 0.4) is 0 Å². The Morgan fingerprint density at radius 1 is 0.730 bits per heavy atom. The molecule has 4 aliphatic rings. The van der Waals surface area contributed by atoms with Gasteiger partial charge in [-0.15, -0.1) is 0 Å². The van der Waals surface area contributed by atoms with Gasteiger partial charge in [0, 0.05) is 28.8 Å². The lowest BCUT2D eigenvalue weighted by molar-refractivity contribution is -0.658. The van der Waals surface area contributed by atoms with Crippen molar-refractivity contribution in [1.82, 2.24) is 0 Å². The lowest BCUT2D eigenvalue weighted by Gasteiger charge is -2.16. The van der Waals surface area contributed by atoms with Crippen LogP contribution in [0.2, 0.25) is 0 Å². The Balaban J connectivity index is 1.14. The number of hydrogen-bond donors (Lipinski definition) is 0. The Labute approximate surface area is 224 Å². The summed E-state index contributed by atoms with van der Waals surface area (Å²) in [7, 11) is 0. The Kier molecular flexibility index (Phi) is 4.25. The highest BCUT2D eigenvalue weighted by Crippen LogP contribution is 2.55. The monoisotopic (exact) mass is 513 g/mol. The van der Waals surface area contributed by atoms with Crippen molar-refractivity contribution in [2.24, 2.45) is 0 Å². The average molecular weight is 514 g/mol.